The molecule has 0 unspecified atom stereocenters. The fraction of sp³-hybridized carbons (Fsp3) is 0.182. The van der Waals surface area contributed by atoms with E-state index in [4.69, 9.17) is 0 Å². The van der Waals surface area contributed by atoms with Crippen molar-refractivity contribution in [3.05, 3.63) is 83.4 Å². The first-order valence-electron chi connectivity index (χ1n) is 9.27. The molecule has 1 aliphatic rings. The third kappa shape index (κ3) is 3.03. The van der Waals surface area contributed by atoms with E-state index in [2.05, 4.69) is 34.6 Å². The second-order valence-electron chi connectivity index (χ2n) is 6.89. The summed E-state index contributed by atoms with van der Waals surface area (Å²) in [7, 11) is 0. The fourth-order valence-corrected chi connectivity index (χ4v) is 3.92. The van der Waals surface area contributed by atoms with Crippen molar-refractivity contribution in [2.24, 2.45) is 0 Å². The van der Waals surface area contributed by atoms with Crippen LogP contribution < -0.4 is 11.0 Å². The lowest BCUT2D eigenvalue weighted by molar-refractivity contribution is 0.537. The number of nitrogens with one attached hydrogen (secondary N) is 1. The Kier molecular flexibility index (Phi) is 5.03. The Balaban J connectivity index is 0.00000192. The van der Waals surface area contributed by atoms with Crippen molar-refractivity contribution in [2.45, 2.75) is 12.5 Å². The topological polar surface area (TPSA) is 51.9 Å². The molecule has 1 N–H and O–H groups in total. The summed E-state index contributed by atoms with van der Waals surface area (Å²) in [5.41, 5.74) is 4.74. The SMILES string of the molecule is Cl.O=c1n(-c2ccc(-c3ccccc3)cc2)c2cccnc2n1[C@@H]1CCNC1. The predicted molar refractivity (Wildman–Crippen MR) is 115 cm³/mol. The summed E-state index contributed by atoms with van der Waals surface area (Å²) in [6, 6.07) is 22.4. The monoisotopic (exact) mass is 392 g/mol. The van der Waals surface area contributed by atoms with Crippen molar-refractivity contribution in [3.63, 3.8) is 0 Å². The number of aromatic nitrogens is 3. The fourth-order valence-electron chi connectivity index (χ4n) is 3.92. The van der Waals surface area contributed by atoms with E-state index < -0.39 is 0 Å². The molecule has 2 aromatic carbocycles. The van der Waals surface area contributed by atoms with Gasteiger partial charge in [0.25, 0.3) is 0 Å². The van der Waals surface area contributed by atoms with Crippen molar-refractivity contribution >= 4 is 23.6 Å². The number of imidazole rings is 1. The molecule has 4 aromatic rings. The molecule has 5 nitrogen and oxygen atoms in total. The van der Waals surface area contributed by atoms with Crippen LogP contribution in [0.25, 0.3) is 28.0 Å². The third-order valence-electron chi connectivity index (χ3n) is 5.26. The van der Waals surface area contributed by atoms with E-state index in [-0.39, 0.29) is 24.1 Å². The summed E-state index contributed by atoms with van der Waals surface area (Å²) in [6.45, 7) is 1.74. The summed E-state index contributed by atoms with van der Waals surface area (Å²) in [6.07, 6.45) is 2.70. The highest BCUT2D eigenvalue weighted by atomic mass is 35.5. The molecular formula is C22H21ClN4O. The van der Waals surface area contributed by atoms with Crippen LogP contribution in [-0.2, 0) is 0 Å². The molecule has 1 fully saturated rings. The molecule has 0 spiro atoms. The predicted octanol–water partition coefficient (Wildman–Crippen LogP) is 3.81. The van der Waals surface area contributed by atoms with Crippen LogP contribution in [0.2, 0.25) is 0 Å². The second kappa shape index (κ2) is 7.62. The molecule has 0 amide bonds. The average molecular weight is 393 g/mol. The van der Waals surface area contributed by atoms with E-state index >= 15 is 0 Å². The lowest BCUT2D eigenvalue weighted by atomic mass is 10.1. The number of benzene rings is 2. The maximum absolute atomic E-state index is 13.3. The maximum Gasteiger partial charge on any atom is 0.335 e. The Morgan fingerprint density at radius 1 is 0.929 bits per heavy atom. The lowest BCUT2D eigenvalue weighted by Crippen LogP contribution is -2.28. The number of fused-ring (bicyclic) bond motifs is 1. The quantitative estimate of drug-likeness (QED) is 0.576. The van der Waals surface area contributed by atoms with Crippen LogP contribution in [0.1, 0.15) is 12.5 Å². The van der Waals surface area contributed by atoms with Crippen LogP contribution in [0.15, 0.2) is 77.7 Å². The molecule has 0 radical (unpaired) electrons. The van der Waals surface area contributed by atoms with E-state index in [1.54, 1.807) is 10.8 Å². The van der Waals surface area contributed by atoms with Crippen LogP contribution in [0.5, 0.6) is 0 Å². The zero-order valence-corrected chi connectivity index (χ0v) is 16.1. The number of hydrogen-bond donors (Lipinski definition) is 1. The van der Waals surface area contributed by atoms with Gasteiger partial charge < -0.3 is 5.32 Å². The number of rotatable bonds is 3. The Labute approximate surface area is 169 Å². The van der Waals surface area contributed by atoms with Gasteiger partial charge in [0.2, 0.25) is 0 Å². The molecule has 0 aliphatic carbocycles. The molecule has 1 saturated heterocycles. The van der Waals surface area contributed by atoms with Gasteiger partial charge >= 0.3 is 5.69 Å². The molecular weight excluding hydrogens is 372 g/mol. The van der Waals surface area contributed by atoms with Crippen molar-refractivity contribution in [3.8, 4) is 16.8 Å². The highest BCUT2D eigenvalue weighted by Crippen LogP contribution is 2.24. The molecule has 6 heteroatoms. The van der Waals surface area contributed by atoms with Gasteiger partial charge in [-0.05, 0) is 48.4 Å². The summed E-state index contributed by atoms with van der Waals surface area (Å²) >= 11 is 0. The van der Waals surface area contributed by atoms with E-state index in [0.717, 1.165) is 47.5 Å². The van der Waals surface area contributed by atoms with E-state index in [0.29, 0.717) is 0 Å². The lowest BCUT2D eigenvalue weighted by Gasteiger charge is -2.09. The molecule has 0 bridgehead atoms. The molecule has 1 aliphatic heterocycles. The van der Waals surface area contributed by atoms with Gasteiger partial charge in [0.15, 0.2) is 5.65 Å². The van der Waals surface area contributed by atoms with Gasteiger partial charge in [-0.2, -0.15) is 0 Å². The van der Waals surface area contributed by atoms with Gasteiger partial charge in [-0.3, -0.25) is 9.13 Å². The van der Waals surface area contributed by atoms with Gasteiger partial charge in [-0.15, -0.1) is 12.4 Å². The molecule has 3 heterocycles. The van der Waals surface area contributed by atoms with E-state index in [1.165, 1.54) is 0 Å². The van der Waals surface area contributed by atoms with Crippen LogP contribution in [-0.4, -0.2) is 27.2 Å². The molecule has 1 atom stereocenters. The minimum Gasteiger partial charge on any atom is -0.315 e. The number of pyridine rings is 1. The van der Waals surface area contributed by atoms with Gasteiger partial charge in [-0.25, -0.2) is 9.78 Å². The van der Waals surface area contributed by atoms with Crippen LogP contribution in [0.4, 0.5) is 0 Å². The van der Waals surface area contributed by atoms with E-state index in [1.807, 2.05) is 47.0 Å². The Bertz CT molecular complexity index is 1140. The smallest absolute Gasteiger partial charge is 0.315 e. The molecule has 142 valence electrons. The minimum absolute atomic E-state index is 0. The van der Waals surface area contributed by atoms with Gasteiger partial charge in [0.05, 0.1) is 17.2 Å². The molecule has 5 rings (SSSR count). The number of halogens is 1. The van der Waals surface area contributed by atoms with Crippen molar-refractivity contribution in [2.75, 3.05) is 13.1 Å². The zero-order chi connectivity index (χ0) is 18.2. The largest absolute Gasteiger partial charge is 0.335 e. The Hall–Kier alpha value is -2.89. The highest BCUT2D eigenvalue weighted by Gasteiger charge is 2.24. The first-order chi connectivity index (χ1) is 13.3. The first kappa shape index (κ1) is 18.5. The van der Waals surface area contributed by atoms with Crippen molar-refractivity contribution < 1.29 is 0 Å². The second-order valence-corrected chi connectivity index (χ2v) is 6.89. The Morgan fingerprint density at radius 2 is 1.68 bits per heavy atom. The number of nitrogens with zero attached hydrogens (tertiary/aromatic N) is 3. The first-order valence-corrected chi connectivity index (χ1v) is 9.27. The van der Waals surface area contributed by atoms with Crippen molar-refractivity contribution in [1.29, 1.82) is 0 Å². The van der Waals surface area contributed by atoms with Gasteiger partial charge in [-0.1, -0.05) is 42.5 Å². The number of hydrogen-bond acceptors (Lipinski definition) is 3. The van der Waals surface area contributed by atoms with Gasteiger partial charge in [0, 0.05) is 12.7 Å². The maximum atomic E-state index is 13.3. The van der Waals surface area contributed by atoms with Crippen LogP contribution in [0.3, 0.4) is 0 Å². The molecule has 0 saturated carbocycles. The summed E-state index contributed by atoms with van der Waals surface area (Å²) in [4.78, 5) is 17.8. The molecule has 28 heavy (non-hydrogen) atoms. The summed E-state index contributed by atoms with van der Waals surface area (Å²) < 4.78 is 3.62. The van der Waals surface area contributed by atoms with E-state index in [9.17, 15) is 4.79 Å². The van der Waals surface area contributed by atoms with Crippen LogP contribution >= 0.6 is 12.4 Å². The average Bonchev–Trinajstić information content (AvgIpc) is 3.34. The standard InChI is InChI=1S/C22H20N4O.ClH/c27-22-25(18-10-8-17(9-11-18)16-5-2-1-3-6-16)20-7-4-13-24-21(20)26(22)19-12-14-23-15-19;/h1-11,13,19,23H,12,14-15H2;1H/t19-;/m1./s1. The third-order valence-corrected chi connectivity index (χ3v) is 5.26. The highest BCUT2D eigenvalue weighted by molar-refractivity contribution is 5.85. The summed E-state index contributed by atoms with van der Waals surface area (Å²) in [5, 5.41) is 3.34. The van der Waals surface area contributed by atoms with Crippen molar-refractivity contribution in [1.82, 2.24) is 19.4 Å². The normalized spacial score (nSPS) is 16.2. The minimum atomic E-state index is -0.0233. The Morgan fingerprint density at radius 3 is 2.39 bits per heavy atom. The summed E-state index contributed by atoms with van der Waals surface area (Å²) in [5.74, 6) is 0. The van der Waals surface area contributed by atoms with Gasteiger partial charge in [0.1, 0.15) is 0 Å². The molecule has 2 aromatic heterocycles. The zero-order valence-electron chi connectivity index (χ0n) is 15.3. The van der Waals surface area contributed by atoms with Crippen LogP contribution in [0, 0.1) is 0 Å².